The highest BCUT2D eigenvalue weighted by molar-refractivity contribution is 5.89. The summed E-state index contributed by atoms with van der Waals surface area (Å²) in [5.41, 5.74) is 3.16. The number of carbonyl (C=O) groups excluding carboxylic acids is 1. The van der Waals surface area contributed by atoms with Crippen LogP contribution in [0.1, 0.15) is 12.5 Å². The fourth-order valence-electron chi connectivity index (χ4n) is 2.91. The van der Waals surface area contributed by atoms with E-state index >= 15 is 0 Å². The molecule has 0 spiro atoms. The number of halogens is 1. The Morgan fingerprint density at radius 2 is 1.96 bits per heavy atom. The van der Waals surface area contributed by atoms with Crippen LogP contribution in [0.5, 0.6) is 0 Å². The highest BCUT2D eigenvalue weighted by Gasteiger charge is 2.14. The lowest BCUT2D eigenvalue weighted by Crippen LogP contribution is -2.36. The first-order valence-corrected chi connectivity index (χ1v) is 8.35. The van der Waals surface area contributed by atoms with Gasteiger partial charge in [0.25, 0.3) is 0 Å². The second-order valence-electron chi connectivity index (χ2n) is 5.96. The van der Waals surface area contributed by atoms with Crippen molar-refractivity contribution in [3.63, 3.8) is 0 Å². The molecule has 2 aromatic rings. The fraction of sp³-hybridized carbons (Fsp3) is 0.316. The van der Waals surface area contributed by atoms with Gasteiger partial charge in [-0.25, -0.2) is 4.39 Å². The molecule has 2 N–H and O–H groups in total. The number of hydrogen-bond acceptors (Lipinski definition) is 4. The molecule has 0 aromatic heterocycles. The van der Waals surface area contributed by atoms with Crippen LogP contribution in [0, 0.1) is 5.82 Å². The second kappa shape index (κ2) is 7.98. The predicted molar refractivity (Wildman–Crippen MR) is 97.5 cm³/mol. The highest BCUT2D eigenvalue weighted by Crippen LogP contribution is 2.25. The molecular formula is C19H22FN3O2. The summed E-state index contributed by atoms with van der Waals surface area (Å²) in [6.07, 6.45) is 0. The number of ether oxygens (including phenoxy) is 1. The van der Waals surface area contributed by atoms with Gasteiger partial charge in [-0.15, -0.1) is 0 Å². The van der Waals surface area contributed by atoms with Gasteiger partial charge in [0.05, 0.1) is 18.9 Å². The maximum Gasteiger partial charge on any atom is 0.221 e. The zero-order chi connectivity index (χ0) is 17.6. The minimum atomic E-state index is -0.349. The summed E-state index contributed by atoms with van der Waals surface area (Å²) in [5.74, 6) is -0.534. The van der Waals surface area contributed by atoms with Crippen molar-refractivity contribution < 1.29 is 13.9 Å². The lowest BCUT2D eigenvalue weighted by molar-refractivity contribution is -0.114. The van der Waals surface area contributed by atoms with Crippen molar-refractivity contribution in [3.8, 4) is 0 Å². The van der Waals surface area contributed by atoms with E-state index in [0.717, 1.165) is 37.6 Å². The number of benzene rings is 2. The molecule has 1 heterocycles. The van der Waals surface area contributed by atoms with Crippen LogP contribution in [-0.4, -0.2) is 32.2 Å². The summed E-state index contributed by atoms with van der Waals surface area (Å²) in [7, 11) is 0. The van der Waals surface area contributed by atoms with E-state index in [4.69, 9.17) is 4.74 Å². The van der Waals surface area contributed by atoms with Crippen LogP contribution in [0.25, 0.3) is 0 Å². The maximum absolute atomic E-state index is 14.1. The van der Waals surface area contributed by atoms with E-state index in [1.165, 1.54) is 13.0 Å². The van der Waals surface area contributed by atoms with Gasteiger partial charge < -0.3 is 20.3 Å². The molecule has 0 unspecified atom stereocenters. The van der Waals surface area contributed by atoms with Gasteiger partial charge in [-0.05, 0) is 29.8 Å². The third-order valence-corrected chi connectivity index (χ3v) is 4.10. The van der Waals surface area contributed by atoms with Crippen LogP contribution in [0.4, 0.5) is 21.5 Å². The van der Waals surface area contributed by atoms with Crippen molar-refractivity contribution in [2.45, 2.75) is 13.5 Å². The minimum Gasteiger partial charge on any atom is -0.378 e. The number of anilines is 3. The monoisotopic (exact) mass is 343 g/mol. The lowest BCUT2D eigenvalue weighted by atomic mass is 10.1. The molecule has 0 radical (unpaired) electrons. The Hall–Kier alpha value is -2.60. The number of amides is 1. The van der Waals surface area contributed by atoms with Crippen molar-refractivity contribution >= 4 is 23.0 Å². The number of nitrogens with zero attached hydrogens (tertiary/aromatic N) is 1. The second-order valence-corrected chi connectivity index (χ2v) is 5.96. The molecule has 1 saturated heterocycles. The van der Waals surface area contributed by atoms with Crippen LogP contribution in [0.3, 0.4) is 0 Å². The summed E-state index contributed by atoms with van der Waals surface area (Å²) in [6, 6.07) is 12.6. The summed E-state index contributed by atoms with van der Waals surface area (Å²) in [6.45, 7) is 5.06. The lowest BCUT2D eigenvalue weighted by Gasteiger charge is -2.30. The molecule has 0 bridgehead atoms. The molecule has 3 rings (SSSR count). The molecule has 0 atom stereocenters. The van der Waals surface area contributed by atoms with E-state index < -0.39 is 0 Å². The minimum absolute atomic E-state index is 0.185. The first kappa shape index (κ1) is 17.2. The number of hydrogen-bond donors (Lipinski definition) is 2. The number of para-hydroxylation sites is 1. The summed E-state index contributed by atoms with van der Waals surface area (Å²) < 4.78 is 19.5. The molecule has 2 aromatic carbocycles. The first-order chi connectivity index (χ1) is 12.1. The van der Waals surface area contributed by atoms with Gasteiger partial charge in [-0.2, -0.15) is 0 Å². The topological polar surface area (TPSA) is 53.6 Å². The van der Waals surface area contributed by atoms with Crippen molar-refractivity contribution in [3.05, 3.63) is 53.8 Å². The van der Waals surface area contributed by atoms with Gasteiger partial charge in [-0.1, -0.05) is 18.2 Å². The quantitative estimate of drug-likeness (QED) is 0.875. The third kappa shape index (κ3) is 4.48. The van der Waals surface area contributed by atoms with E-state index in [-0.39, 0.29) is 11.7 Å². The SMILES string of the molecule is CC(=O)Nc1ccc(F)c(NCc2ccccc2N2CCOCC2)c1. The smallest absolute Gasteiger partial charge is 0.221 e. The van der Waals surface area contributed by atoms with E-state index in [1.807, 2.05) is 18.2 Å². The van der Waals surface area contributed by atoms with Gasteiger partial charge in [0.2, 0.25) is 5.91 Å². The standard InChI is InChI=1S/C19H22FN3O2/c1-14(24)22-16-6-7-17(20)18(12-16)21-13-15-4-2-3-5-19(15)23-8-10-25-11-9-23/h2-7,12,21H,8-11,13H2,1H3,(H,22,24). The number of carbonyl (C=O) groups is 1. The Morgan fingerprint density at radius 3 is 2.72 bits per heavy atom. The van der Waals surface area contributed by atoms with E-state index in [9.17, 15) is 9.18 Å². The summed E-state index contributed by atoms with van der Waals surface area (Å²) >= 11 is 0. The first-order valence-electron chi connectivity index (χ1n) is 8.35. The molecule has 0 saturated carbocycles. The van der Waals surface area contributed by atoms with Crippen LogP contribution < -0.4 is 15.5 Å². The molecular weight excluding hydrogens is 321 g/mol. The number of nitrogens with one attached hydrogen (secondary N) is 2. The summed E-state index contributed by atoms with van der Waals surface area (Å²) in [5, 5.41) is 5.80. The van der Waals surface area contributed by atoms with E-state index in [1.54, 1.807) is 12.1 Å². The zero-order valence-corrected chi connectivity index (χ0v) is 14.2. The average molecular weight is 343 g/mol. The molecule has 1 aliphatic heterocycles. The Bertz CT molecular complexity index is 745. The van der Waals surface area contributed by atoms with Crippen molar-refractivity contribution in [2.24, 2.45) is 0 Å². The fourth-order valence-corrected chi connectivity index (χ4v) is 2.91. The Labute approximate surface area is 146 Å². The van der Waals surface area contributed by atoms with Gasteiger partial charge >= 0.3 is 0 Å². The third-order valence-electron chi connectivity index (χ3n) is 4.10. The zero-order valence-electron chi connectivity index (χ0n) is 14.2. The maximum atomic E-state index is 14.1. The van der Waals surface area contributed by atoms with Crippen LogP contribution >= 0.6 is 0 Å². The molecule has 1 amide bonds. The Morgan fingerprint density at radius 1 is 1.20 bits per heavy atom. The molecule has 1 aliphatic rings. The summed E-state index contributed by atoms with van der Waals surface area (Å²) in [4.78, 5) is 13.4. The van der Waals surface area contributed by atoms with Gasteiger partial charge in [-0.3, -0.25) is 4.79 Å². The van der Waals surface area contributed by atoms with Crippen LogP contribution in [0.15, 0.2) is 42.5 Å². The van der Waals surface area contributed by atoms with E-state index in [2.05, 4.69) is 21.6 Å². The van der Waals surface area contributed by atoms with Crippen LogP contribution in [0.2, 0.25) is 0 Å². The van der Waals surface area contributed by atoms with Crippen molar-refractivity contribution in [2.75, 3.05) is 41.8 Å². The molecule has 6 heteroatoms. The van der Waals surface area contributed by atoms with Gasteiger partial charge in [0, 0.05) is 37.9 Å². The molecule has 132 valence electrons. The number of morpholine rings is 1. The predicted octanol–water partition coefficient (Wildman–Crippen LogP) is 3.23. The van der Waals surface area contributed by atoms with Crippen molar-refractivity contribution in [1.29, 1.82) is 0 Å². The average Bonchev–Trinajstić information content (AvgIpc) is 2.63. The Kier molecular flexibility index (Phi) is 5.50. The molecule has 0 aliphatic carbocycles. The highest BCUT2D eigenvalue weighted by atomic mass is 19.1. The largest absolute Gasteiger partial charge is 0.378 e. The normalized spacial score (nSPS) is 14.2. The van der Waals surface area contributed by atoms with Gasteiger partial charge in [0.15, 0.2) is 0 Å². The molecule has 1 fully saturated rings. The van der Waals surface area contributed by atoms with Gasteiger partial charge in [0.1, 0.15) is 5.82 Å². The molecule has 5 nitrogen and oxygen atoms in total. The number of rotatable bonds is 5. The van der Waals surface area contributed by atoms with E-state index in [0.29, 0.717) is 17.9 Å². The Balaban J connectivity index is 1.74. The van der Waals surface area contributed by atoms with Crippen molar-refractivity contribution in [1.82, 2.24) is 0 Å². The van der Waals surface area contributed by atoms with Crippen LogP contribution in [-0.2, 0) is 16.1 Å². The molecule has 25 heavy (non-hydrogen) atoms.